The van der Waals surface area contributed by atoms with Gasteiger partial charge in [-0.25, -0.2) is 9.59 Å². The summed E-state index contributed by atoms with van der Waals surface area (Å²) < 4.78 is 12.6. The van der Waals surface area contributed by atoms with Gasteiger partial charge in [-0.15, -0.1) is 0 Å². The van der Waals surface area contributed by atoms with Gasteiger partial charge in [0.05, 0.1) is 13.2 Å². The summed E-state index contributed by atoms with van der Waals surface area (Å²) in [6, 6.07) is 0. The Morgan fingerprint density at radius 1 is 0.941 bits per heavy atom. The maximum absolute atomic E-state index is 10.4. The Balaban J connectivity index is 0. The van der Waals surface area contributed by atoms with Crippen molar-refractivity contribution in [3.8, 4) is 11.8 Å². The van der Waals surface area contributed by atoms with Gasteiger partial charge in [-0.3, -0.25) is 0 Å². The average Bonchev–Trinajstić information content (AvgIpc) is 2.27. The summed E-state index contributed by atoms with van der Waals surface area (Å²) >= 11 is 0. The fourth-order valence-electron chi connectivity index (χ4n) is 0.474. The van der Waals surface area contributed by atoms with Gasteiger partial charge in [0.2, 0.25) is 0 Å². The molecule has 0 aromatic heterocycles. The first-order valence-electron chi connectivity index (χ1n) is 4.81. The van der Waals surface area contributed by atoms with Gasteiger partial charge >= 0.3 is 12.3 Å². The van der Waals surface area contributed by atoms with Crippen molar-refractivity contribution in [1.29, 1.82) is 0 Å². The highest BCUT2D eigenvalue weighted by atomic mass is 16.8. The van der Waals surface area contributed by atoms with Gasteiger partial charge in [0.25, 0.3) is 0 Å². The summed E-state index contributed by atoms with van der Waals surface area (Å²) in [7, 11) is 0. The first-order chi connectivity index (χ1) is 8.12. The lowest BCUT2D eigenvalue weighted by atomic mass is 10.6. The molecule has 7 heteroatoms. The first kappa shape index (κ1) is 17.6. The Morgan fingerprint density at radius 2 is 1.29 bits per heavy atom. The van der Waals surface area contributed by atoms with Gasteiger partial charge in [0, 0.05) is 0 Å². The van der Waals surface area contributed by atoms with E-state index < -0.39 is 12.3 Å². The van der Waals surface area contributed by atoms with E-state index in [2.05, 4.69) is 26.1 Å². The molecular formula is C10H16O7. The molecule has 17 heavy (non-hydrogen) atoms. The Labute approximate surface area is 99.3 Å². The molecule has 0 unspecified atom stereocenters. The van der Waals surface area contributed by atoms with Crippen molar-refractivity contribution in [3.63, 3.8) is 0 Å². The highest BCUT2D eigenvalue weighted by Crippen LogP contribution is 1.89. The van der Waals surface area contributed by atoms with E-state index in [9.17, 15) is 9.59 Å². The van der Waals surface area contributed by atoms with Gasteiger partial charge in [-0.05, 0) is 13.8 Å². The van der Waals surface area contributed by atoms with E-state index in [-0.39, 0.29) is 26.4 Å². The van der Waals surface area contributed by atoms with Crippen LogP contribution in [0, 0.1) is 11.8 Å². The highest BCUT2D eigenvalue weighted by Gasteiger charge is 2.10. The topological polar surface area (TPSA) is 102 Å². The number of carbonyl (C=O) groups is 2. The molecule has 0 aliphatic rings. The Hall–Kier alpha value is -1.78. The zero-order valence-electron chi connectivity index (χ0n) is 9.76. The number of hydrogen-bond donors (Lipinski definition) is 2. The minimum atomic E-state index is -1.04. The van der Waals surface area contributed by atoms with Crippen LogP contribution in [-0.2, 0) is 14.2 Å². The fourth-order valence-corrected chi connectivity index (χ4v) is 0.474. The minimum Gasteiger partial charge on any atom is -0.434 e. The molecule has 0 aromatic carbocycles. The van der Waals surface area contributed by atoms with Crippen LogP contribution in [0.3, 0.4) is 0 Å². The third kappa shape index (κ3) is 16.9. The molecule has 0 aliphatic carbocycles. The summed E-state index contributed by atoms with van der Waals surface area (Å²) in [6.45, 7) is 3.20. The van der Waals surface area contributed by atoms with Crippen LogP contribution in [0.2, 0.25) is 0 Å². The highest BCUT2D eigenvalue weighted by molar-refractivity contribution is 5.76. The minimum absolute atomic E-state index is 0.165. The van der Waals surface area contributed by atoms with Crippen LogP contribution in [0.25, 0.3) is 0 Å². The van der Waals surface area contributed by atoms with Crippen molar-refractivity contribution in [2.24, 2.45) is 0 Å². The summed E-state index contributed by atoms with van der Waals surface area (Å²) in [6.07, 6.45) is -2.07. The number of aliphatic hydroxyl groups is 2. The van der Waals surface area contributed by atoms with Crippen LogP contribution in [0.15, 0.2) is 0 Å². The lowest BCUT2D eigenvalue weighted by Gasteiger charge is -2.01. The molecule has 0 saturated carbocycles. The quantitative estimate of drug-likeness (QED) is 0.411. The third-order valence-corrected chi connectivity index (χ3v) is 0.974. The summed E-state index contributed by atoms with van der Waals surface area (Å²) in [4.78, 5) is 20.8. The van der Waals surface area contributed by atoms with Crippen molar-refractivity contribution in [1.82, 2.24) is 0 Å². The molecule has 0 fully saturated rings. The van der Waals surface area contributed by atoms with Crippen LogP contribution in [-0.4, -0.2) is 49.0 Å². The number of rotatable bonds is 2. The SMILES string of the molecule is CCOC(=O)OC(=O)OCC.OCC#CCO. The number of carbonyl (C=O) groups excluding carboxylic acids is 2. The van der Waals surface area contributed by atoms with Crippen molar-refractivity contribution < 1.29 is 34.0 Å². The second kappa shape index (κ2) is 14.2. The number of aliphatic hydroxyl groups excluding tert-OH is 2. The molecule has 0 radical (unpaired) electrons. The zero-order chi connectivity index (χ0) is 13.5. The van der Waals surface area contributed by atoms with Gasteiger partial charge in [-0.1, -0.05) is 11.8 Å². The van der Waals surface area contributed by atoms with Crippen molar-refractivity contribution in [3.05, 3.63) is 0 Å². The molecule has 0 bridgehead atoms. The van der Waals surface area contributed by atoms with Gasteiger partial charge in [0.15, 0.2) is 0 Å². The van der Waals surface area contributed by atoms with Crippen molar-refractivity contribution in [2.75, 3.05) is 26.4 Å². The molecule has 0 aromatic rings. The molecule has 0 rings (SSSR count). The van der Waals surface area contributed by atoms with Crippen LogP contribution < -0.4 is 0 Å². The molecule has 0 heterocycles. The molecule has 98 valence electrons. The first-order valence-corrected chi connectivity index (χ1v) is 4.81. The predicted octanol–water partition coefficient (Wildman–Crippen LogP) is 0.290. The molecule has 0 spiro atoms. The van der Waals surface area contributed by atoms with E-state index in [1.807, 2.05) is 0 Å². The monoisotopic (exact) mass is 248 g/mol. The molecule has 7 nitrogen and oxygen atoms in total. The van der Waals surface area contributed by atoms with Crippen LogP contribution in [0.1, 0.15) is 13.8 Å². The molecule has 2 N–H and O–H groups in total. The van der Waals surface area contributed by atoms with Gasteiger partial charge in [-0.2, -0.15) is 0 Å². The second-order valence-corrected chi connectivity index (χ2v) is 2.14. The van der Waals surface area contributed by atoms with Crippen molar-refractivity contribution in [2.45, 2.75) is 13.8 Å². The van der Waals surface area contributed by atoms with E-state index in [1.54, 1.807) is 13.8 Å². The smallest absolute Gasteiger partial charge is 0.434 e. The number of hydrogen-bond acceptors (Lipinski definition) is 7. The van der Waals surface area contributed by atoms with Gasteiger partial charge < -0.3 is 24.4 Å². The van der Waals surface area contributed by atoms with E-state index in [0.717, 1.165) is 0 Å². The standard InChI is InChI=1S/C6H10O5.C4H6O2/c1-3-9-5(7)11-6(8)10-4-2;5-3-1-2-4-6/h3-4H2,1-2H3;5-6H,3-4H2. The van der Waals surface area contributed by atoms with E-state index in [1.165, 1.54) is 0 Å². The second-order valence-electron chi connectivity index (χ2n) is 2.14. The van der Waals surface area contributed by atoms with Crippen LogP contribution >= 0.6 is 0 Å². The largest absolute Gasteiger partial charge is 0.518 e. The van der Waals surface area contributed by atoms with Gasteiger partial charge in [0.1, 0.15) is 13.2 Å². The molecule has 0 atom stereocenters. The fraction of sp³-hybridized carbons (Fsp3) is 0.600. The third-order valence-electron chi connectivity index (χ3n) is 0.974. The lowest BCUT2D eigenvalue weighted by molar-refractivity contribution is 0.0409. The maximum Gasteiger partial charge on any atom is 0.518 e. The Morgan fingerprint density at radius 3 is 1.53 bits per heavy atom. The maximum atomic E-state index is 10.4. The molecule has 0 saturated heterocycles. The van der Waals surface area contributed by atoms with E-state index >= 15 is 0 Å². The average molecular weight is 248 g/mol. The van der Waals surface area contributed by atoms with E-state index in [4.69, 9.17) is 10.2 Å². The normalized spacial score (nSPS) is 7.76. The van der Waals surface area contributed by atoms with Crippen molar-refractivity contribution >= 4 is 12.3 Å². The molecule has 0 amide bonds. The summed E-state index contributed by atoms with van der Waals surface area (Å²) in [5.74, 6) is 4.51. The summed E-state index contributed by atoms with van der Waals surface area (Å²) in [5.41, 5.74) is 0. The Kier molecular flexibility index (Phi) is 14.7. The lowest BCUT2D eigenvalue weighted by Crippen LogP contribution is -2.14. The number of ether oxygens (including phenoxy) is 3. The summed E-state index contributed by atoms with van der Waals surface area (Å²) in [5, 5.41) is 15.8. The molecular weight excluding hydrogens is 232 g/mol. The Bertz CT molecular complexity index is 240. The van der Waals surface area contributed by atoms with Crippen LogP contribution in [0.5, 0.6) is 0 Å². The predicted molar refractivity (Wildman–Crippen MR) is 57.1 cm³/mol. The van der Waals surface area contributed by atoms with E-state index in [0.29, 0.717) is 0 Å². The zero-order valence-corrected chi connectivity index (χ0v) is 9.76. The molecule has 0 aliphatic heterocycles. The van der Waals surface area contributed by atoms with Crippen LogP contribution in [0.4, 0.5) is 9.59 Å².